The second kappa shape index (κ2) is 7.97. The minimum atomic E-state index is 0.290. The van der Waals surface area contributed by atoms with Crippen LogP contribution in [0.3, 0.4) is 0 Å². The van der Waals surface area contributed by atoms with Crippen molar-refractivity contribution < 1.29 is 14.2 Å². The molecule has 2 heterocycles. The van der Waals surface area contributed by atoms with Crippen LogP contribution in [0.4, 0.5) is 0 Å². The quantitative estimate of drug-likeness (QED) is 0.747. The van der Waals surface area contributed by atoms with Crippen molar-refractivity contribution in [2.24, 2.45) is 0 Å². The maximum atomic E-state index is 5.46. The standard InChI is InChI=1S/C17H25N3O3/c1-6-13(9-10-21-3)20-11-15(19-17(20)23-5)14-7-8-16(22-4)18-12(14)2/h7-8,11,13H,6,9-10H2,1-5H3. The third kappa shape index (κ3) is 3.82. The summed E-state index contributed by atoms with van der Waals surface area (Å²) < 4.78 is 17.9. The molecule has 2 aromatic rings. The van der Waals surface area contributed by atoms with Crippen LogP contribution in [0.15, 0.2) is 18.3 Å². The molecule has 0 N–H and O–H groups in total. The summed E-state index contributed by atoms with van der Waals surface area (Å²) in [5.74, 6) is 0.601. The van der Waals surface area contributed by atoms with E-state index < -0.39 is 0 Å². The molecule has 0 radical (unpaired) electrons. The molecule has 0 saturated heterocycles. The maximum Gasteiger partial charge on any atom is 0.296 e. The number of methoxy groups -OCH3 is 3. The van der Waals surface area contributed by atoms with Crippen LogP contribution in [0.5, 0.6) is 11.9 Å². The Morgan fingerprint density at radius 1 is 1.13 bits per heavy atom. The lowest BCUT2D eigenvalue weighted by Crippen LogP contribution is -2.11. The monoisotopic (exact) mass is 319 g/mol. The van der Waals surface area contributed by atoms with Crippen molar-refractivity contribution in [2.45, 2.75) is 32.7 Å². The highest BCUT2D eigenvalue weighted by Gasteiger charge is 2.18. The van der Waals surface area contributed by atoms with Crippen molar-refractivity contribution in [2.75, 3.05) is 27.9 Å². The molecule has 6 heteroatoms. The molecule has 0 aliphatic rings. The van der Waals surface area contributed by atoms with Gasteiger partial charge in [-0.3, -0.25) is 4.57 Å². The first-order chi connectivity index (χ1) is 11.1. The van der Waals surface area contributed by atoms with Crippen LogP contribution in [0.25, 0.3) is 11.3 Å². The fraction of sp³-hybridized carbons (Fsp3) is 0.529. The fourth-order valence-corrected chi connectivity index (χ4v) is 2.64. The van der Waals surface area contributed by atoms with E-state index in [0.717, 1.165) is 29.8 Å². The zero-order chi connectivity index (χ0) is 16.8. The molecule has 0 aliphatic carbocycles. The Bertz CT molecular complexity index is 640. The van der Waals surface area contributed by atoms with Crippen LogP contribution in [-0.4, -0.2) is 42.5 Å². The number of aryl methyl sites for hydroxylation is 1. The summed E-state index contributed by atoms with van der Waals surface area (Å²) in [6, 6.07) is 4.72. The molecule has 23 heavy (non-hydrogen) atoms. The molecular weight excluding hydrogens is 294 g/mol. The zero-order valence-electron chi connectivity index (χ0n) is 14.5. The van der Waals surface area contributed by atoms with Crippen molar-refractivity contribution in [1.82, 2.24) is 14.5 Å². The molecule has 126 valence electrons. The van der Waals surface area contributed by atoms with E-state index in [4.69, 9.17) is 14.2 Å². The lowest BCUT2D eigenvalue weighted by atomic mass is 10.1. The minimum Gasteiger partial charge on any atom is -0.481 e. The molecule has 0 aliphatic heterocycles. The Hall–Kier alpha value is -2.08. The van der Waals surface area contributed by atoms with Crippen molar-refractivity contribution in [1.29, 1.82) is 0 Å². The summed E-state index contributed by atoms with van der Waals surface area (Å²) in [7, 11) is 4.97. The zero-order valence-corrected chi connectivity index (χ0v) is 14.5. The van der Waals surface area contributed by atoms with Gasteiger partial charge in [-0.2, -0.15) is 4.98 Å². The lowest BCUT2D eigenvalue weighted by Gasteiger charge is -2.17. The topological polar surface area (TPSA) is 58.4 Å². The number of imidazole rings is 1. The molecule has 1 atom stereocenters. The number of rotatable bonds is 8. The normalized spacial score (nSPS) is 12.2. The summed E-state index contributed by atoms with van der Waals surface area (Å²) in [6.07, 6.45) is 3.92. The van der Waals surface area contributed by atoms with Crippen molar-refractivity contribution >= 4 is 0 Å². The molecular formula is C17H25N3O3. The highest BCUT2D eigenvalue weighted by Crippen LogP contribution is 2.30. The predicted octanol–water partition coefficient (Wildman–Crippen LogP) is 3.26. The van der Waals surface area contributed by atoms with Gasteiger partial charge in [0.1, 0.15) is 0 Å². The second-order valence-corrected chi connectivity index (χ2v) is 5.35. The van der Waals surface area contributed by atoms with E-state index in [1.165, 1.54) is 0 Å². The molecule has 2 aromatic heterocycles. The van der Waals surface area contributed by atoms with Gasteiger partial charge < -0.3 is 14.2 Å². The average molecular weight is 319 g/mol. The third-order valence-corrected chi connectivity index (χ3v) is 3.95. The van der Waals surface area contributed by atoms with E-state index >= 15 is 0 Å². The van der Waals surface area contributed by atoms with Gasteiger partial charge in [0.25, 0.3) is 6.01 Å². The molecule has 0 amide bonds. The number of hydrogen-bond donors (Lipinski definition) is 0. The van der Waals surface area contributed by atoms with Crippen LogP contribution < -0.4 is 9.47 Å². The first-order valence-corrected chi connectivity index (χ1v) is 7.78. The van der Waals surface area contributed by atoms with E-state index in [1.807, 2.05) is 25.3 Å². The highest BCUT2D eigenvalue weighted by atomic mass is 16.5. The summed E-state index contributed by atoms with van der Waals surface area (Å²) in [4.78, 5) is 9.03. The van der Waals surface area contributed by atoms with Gasteiger partial charge in [0.15, 0.2) is 0 Å². The fourth-order valence-electron chi connectivity index (χ4n) is 2.64. The van der Waals surface area contributed by atoms with Gasteiger partial charge in [-0.05, 0) is 25.8 Å². The van der Waals surface area contributed by atoms with Crippen molar-refractivity contribution in [3.63, 3.8) is 0 Å². The van der Waals surface area contributed by atoms with Crippen LogP contribution in [-0.2, 0) is 4.74 Å². The van der Waals surface area contributed by atoms with Crippen LogP contribution in [0.2, 0.25) is 0 Å². The molecule has 2 rings (SSSR count). The highest BCUT2D eigenvalue weighted by molar-refractivity contribution is 5.62. The van der Waals surface area contributed by atoms with Gasteiger partial charge in [-0.1, -0.05) is 6.92 Å². The Kier molecular flexibility index (Phi) is 5.98. The molecule has 0 aromatic carbocycles. The van der Waals surface area contributed by atoms with Gasteiger partial charge in [0, 0.05) is 37.6 Å². The largest absolute Gasteiger partial charge is 0.481 e. The number of hydrogen-bond acceptors (Lipinski definition) is 5. The van der Waals surface area contributed by atoms with E-state index in [2.05, 4.69) is 21.5 Å². The van der Waals surface area contributed by atoms with Crippen molar-refractivity contribution in [3.8, 4) is 23.1 Å². The molecule has 0 saturated carbocycles. The molecule has 6 nitrogen and oxygen atoms in total. The summed E-state index contributed by atoms with van der Waals surface area (Å²) in [5, 5.41) is 0. The van der Waals surface area contributed by atoms with E-state index in [9.17, 15) is 0 Å². The molecule has 0 bridgehead atoms. The van der Waals surface area contributed by atoms with E-state index in [0.29, 0.717) is 18.5 Å². The Labute approximate surface area is 137 Å². The predicted molar refractivity (Wildman–Crippen MR) is 89.1 cm³/mol. The summed E-state index contributed by atoms with van der Waals surface area (Å²) >= 11 is 0. The van der Waals surface area contributed by atoms with Gasteiger partial charge in [-0.25, -0.2) is 4.98 Å². The smallest absolute Gasteiger partial charge is 0.296 e. The van der Waals surface area contributed by atoms with E-state index in [-0.39, 0.29) is 6.04 Å². The number of aromatic nitrogens is 3. The minimum absolute atomic E-state index is 0.290. The summed E-state index contributed by atoms with van der Waals surface area (Å²) in [6.45, 7) is 4.81. The Morgan fingerprint density at radius 3 is 2.48 bits per heavy atom. The average Bonchev–Trinajstić information content (AvgIpc) is 2.99. The van der Waals surface area contributed by atoms with Crippen LogP contribution >= 0.6 is 0 Å². The second-order valence-electron chi connectivity index (χ2n) is 5.35. The van der Waals surface area contributed by atoms with Crippen LogP contribution in [0, 0.1) is 6.92 Å². The third-order valence-electron chi connectivity index (χ3n) is 3.95. The Morgan fingerprint density at radius 2 is 1.91 bits per heavy atom. The van der Waals surface area contributed by atoms with Crippen LogP contribution in [0.1, 0.15) is 31.5 Å². The maximum absolute atomic E-state index is 5.46. The van der Waals surface area contributed by atoms with Crippen molar-refractivity contribution in [3.05, 3.63) is 24.0 Å². The lowest BCUT2D eigenvalue weighted by molar-refractivity contribution is 0.174. The van der Waals surface area contributed by atoms with Gasteiger partial charge in [0.05, 0.1) is 25.6 Å². The van der Waals surface area contributed by atoms with Gasteiger partial charge >= 0.3 is 0 Å². The first kappa shape index (κ1) is 17.3. The van der Waals surface area contributed by atoms with E-state index in [1.54, 1.807) is 21.3 Å². The number of nitrogens with zero attached hydrogens (tertiary/aromatic N) is 3. The summed E-state index contributed by atoms with van der Waals surface area (Å²) in [5.41, 5.74) is 2.71. The Balaban J connectivity index is 2.38. The van der Waals surface area contributed by atoms with Gasteiger partial charge in [0.2, 0.25) is 5.88 Å². The number of pyridine rings is 1. The molecule has 0 spiro atoms. The first-order valence-electron chi connectivity index (χ1n) is 7.78. The molecule has 0 fully saturated rings. The SMILES string of the molecule is CCC(CCOC)n1cc(-c2ccc(OC)nc2C)nc1OC. The molecule has 1 unspecified atom stereocenters. The van der Waals surface area contributed by atoms with Gasteiger partial charge in [-0.15, -0.1) is 0 Å². The number of ether oxygens (including phenoxy) is 3.